The zero-order chi connectivity index (χ0) is 16.8. The van der Waals surface area contributed by atoms with Crippen LogP contribution in [0, 0.1) is 0 Å². The average molecular weight is 435 g/mol. The highest BCUT2D eigenvalue weighted by atomic mass is 79.9. The van der Waals surface area contributed by atoms with Crippen molar-refractivity contribution in [1.29, 1.82) is 0 Å². The second-order valence-corrected chi connectivity index (χ2v) is 7.76. The number of nitrogens with one attached hydrogen (secondary N) is 1. The Morgan fingerprint density at radius 2 is 1.82 bits per heavy atom. The first-order chi connectivity index (χ1) is 10.2. The van der Waals surface area contributed by atoms with Crippen molar-refractivity contribution in [1.82, 2.24) is 5.32 Å². The Hall–Kier alpha value is -0.880. The Labute approximate surface area is 148 Å². The summed E-state index contributed by atoms with van der Waals surface area (Å²) in [4.78, 5) is 23.5. The van der Waals surface area contributed by atoms with E-state index in [1.165, 1.54) is 0 Å². The van der Waals surface area contributed by atoms with Crippen molar-refractivity contribution in [2.45, 2.75) is 44.2 Å². The molecule has 22 heavy (non-hydrogen) atoms. The van der Waals surface area contributed by atoms with Crippen molar-refractivity contribution in [3.8, 4) is 0 Å². The Morgan fingerprint density at radius 1 is 1.23 bits per heavy atom. The van der Waals surface area contributed by atoms with Gasteiger partial charge in [-0.3, -0.25) is 4.79 Å². The third kappa shape index (κ3) is 6.92. The van der Waals surface area contributed by atoms with Gasteiger partial charge in [0.2, 0.25) is 5.91 Å². The summed E-state index contributed by atoms with van der Waals surface area (Å²) in [6, 6.07) is 7.04. The van der Waals surface area contributed by atoms with Crippen molar-refractivity contribution < 1.29 is 14.3 Å². The molecule has 1 amide bonds. The smallest absolute Gasteiger partial charge is 0.338 e. The Balaban J connectivity index is 2.55. The van der Waals surface area contributed by atoms with E-state index in [1.54, 1.807) is 12.1 Å². The monoisotopic (exact) mass is 433 g/mol. The summed E-state index contributed by atoms with van der Waals surface area (Å²) >= 11 is 6.63. The van der Waals surface area contributed by atoms with E-state index < -0.39 is 5.60 Å². The van der Waals surface area contributed by atoms with Crippen LogP contribution in [0.15, 0.2) is 24.3 Å². The highest BCUT2D eigenvalue weighted by Gasteiger charge is 2.18. The first-order valence-electron chi connectivity index (χ1n) is 7.03. The standard InChI is InChI=1S/C16H21Br2NO3/c1-16(2,3)22-15(21)12-6-4-11(5-7-12)10-19-14(20)13(18)8-9-17/h4-7,13H,8-10H2,1-3H3,(H,19,20). The highest BCUT2D eigenvalue weighted by Crippen LogP contribution is 2.13. The van der Waals surface area contributed by atoms with Gasteiger partial charge >= 0.3 is 5.97 Å². The molecular formula is C16H21Br2NO3. The lowest BCUT2D eigenvalue weighted by atomic mass is 10.1. The number of rotatable bonds is 6. The summed E-state index contributed by atoms with van der Waals surface area (Å²) in [6.07, 6.45) is 0.726. The highest BCUT2D eigenvalue weighted by molar-refractivity contribution is 9.10. The molecule has 6 heteroatoms. The van der Waals surface area contributed by atoms with Crippen LogP contribution >= 0.6 is 31.9 Å². The maximum Gasteiger partial charge on any atom is 0.338 e. The molecule has 0 saturated heterocycles. The molecule has 4 nitrogen and oxygen atoms in total. The molecule has 0 fully saturated rings. The first kappa shape index (κ1) is 19.2. The van der Waals surface area contributed by atoms with Gasteiger partial charge in [0.05, 0.1) is 10.4 Å². The van der Waals surface area contributed by atoms with Crippen LogP contribution in [0.1, 0.15) is 43.1 Å². The molecule has 0 aromatic heterocycles. The molecule has 0 spiro atoms. The maximum atomic E-state index is 11.9. The first-order valence-corrected chi connectivity index (χ1v) is 9.06. The molecule has 122 valence electrons. The number of amides is 1. The van der Waals surface area contributed by atoms with Gasteiger partial charge in [-0.1, -0.05) is 44.0 Å². The topological polar surface area (TPSA) is 55.4 Å². The lowest BCUT2D eigenvalue weighted by molar-refractivity contribution is -0.120. The largest absolute Gasteiger partial charge is 0.456 e. The number of hydrogen-bond donors (Lipinski definition) is 1. The number of benzene rings is 1. The van der Waals surface area contributed by atoms with Crippen LogP contribution < -0.4 is 5.32 Å². The van der Waals surface area contributed by atoms with Gasteiger partial charge in [0, 0.05) is 11.9 Å². The summed E-state index contributed by atoms with van der Waals surface area (Å²) in [6.45, 7) is 5.92. The number of carbonyl (C=O) groups excluding carboxylic acids is 2. The normalized spacial score (nSPS) is 12.6. The molecule has 0 aliphatic heterocycles. The van der Waals surface area contributed by atoms with Crippen LogP contribution in [-0.4, -0.2) is 27.6 Å². The number of hydrogen-bond acceptors (Lipinski definition) is 3. The summed E-state index contributed by atoms with van der Waals surface area (Å²) in [5, 5.41) is 3.61. The van der Waals surface area contributed by atoms with Gasteiger partial charge in [-0.15, -0.1) is 0 Å². The lowest BCUT2D eigenvalue weighted by Gasteiger charge is -2.19. The fraction of sp³-hybridized carbons (Fsp3) is 0.500. The molecule has 1 aromatic rings. The minimum atomic E-state index is -0.510. The van der Waals surface area contributed by atoms with E-state index >= 15 is 0 Å². The van der Waals surface area contributed by atoms with Crippen molar-refractivity contribution >= 4 is 43.7 Å². The number of carbonyl (C=O) groups is 2. The molecule has 1 aromatic carbocycles. The quantitative estimate of drug-likeness (QED) is 0.547. The zero-order valence-corrected chi connectivity index (χ0v) is 16.2. The van der Waals surface area contributed by atoms with Gasteiger partial charge in [0.1, 0.15) is 5.60 Å². The SMILES string of the molecule is CC(C)(C)OC(=O)c1ccc(CNC(=O)C(Br)CCBr)cc1. The van der Waals surface area contributed by atoms with Crippen molar-refractivity contribution in [3.05, 3.63) is 35.4 Å². The van der Waals surface area contributed by atoms with E-state index in [9.17, 15) is 9.59 Å². The minimum Gasteiger partial charge on any atom is -0.456 e. The zero-order valence-electron chi connectivity index (χ0n) is 13.0. The third-order valence-corrected chi connectivity index (χ3v) is 4.03. The fourth-order valence-electron chi connectivity index (χ4n) is 1.62. The predicted molar refractivity (Wildman–Crippen MR) is 94.6 cm³/mol. The number of esters is 1. The van der Waals surface area contributed by atoms with Crippen LogP contribution in [0.2, 0.25) is 0 Å². The molecule has 0 saturated carbocycles. The molecule has 1 atom stereocenters. The number of halogens is 2. The van der Waals surface area contributed by atoms with Gasteiger partial charge in [0.15, 0.2) is 0 Å². The molecular weight excluding hydrogens is 414 g/mol. The van der Waals surface area contributed by atoms with Crippen LogP contribution in [-0.2, 0) is 16.1 Å². The Kier molecular flexibility index (Phi) is 7.56. The van der Waals surface area contributed by atoms with Crippen molar-refractivity contribution in [2.24, 2.45) is 0 Å². The molecule has 0 bridgehead atoms. The van der Waals surface area contributed by atoms with Gasteiger partial charge in [-0.2, -0.15) is 0 Å². The third-order valence-electron chi connectivity index (χ3n) is 2.70. The van der Waals surface area contributed by atoms with E-state index in [0.717, 1.165) is 17.3 Å². The Bertz CT molecular complexity index is 509. The lowest BCUT2D eigenvalue weighted by Crippen LogP contribution is -2.30. The van der Waals surface area contributed by atoms with Crippen molar-refractivity contribution in [2.75, 3.05) is 5.33 Å². The van der Waals surface area contributed by atoms with E-state index in [4.69, 9.17) is 4.74 Å². The molecule has 0 aliphatic carbocycles. The van der Waals surface area contributed by atoms with E-state index in [1.807, 2.05) is 32.9 Å². The van der Waals surface area contributed by atoms with Crippen LogP contribution in [0.3, 0.4) is 0 Å². The molecule has 1 unspecified atom stereocenters. The van der Waals surface area contributed by atoms with E-state index in [0.29, 0.717) is 12.1 Å². The van der Waals surface area contributed by atoms with Crippen LogP contribution in [0.25, 0.3) is 0 Å². The number of ether oxygens (including phenoxy) is 1. The van der Waals surface area contributed by atoms with Crippen LogP contribution in [0.4, 0.5) is 0 Å². The second-order valence-electron chi connectivity index (χ2n) is 5.86. The van der Waals surface area contributed by atoms with E-state index in [2.05, 4.69) is 37.2 Å². The molecule has 0 heterocycles. The molecule has 0 radical (unpaired) electrons. The molecule has 1 rings (SSSR count). The summed E-state index contributed by atoms with van der Waals surface area (Å²) in [5.74, 6) is -0.392. The van der Waals surface area contributed by atoms with E-state index in [-0.39, 0.29) is 16.7 Å². The summed E-state index contributed by atoms with van der Waals surface area (Å²) in [5.41, 5.74) is 0.922. The second kappa shape index (κ2) is 8.67. The van der Waals surface area contributed by atoms with Gasteiger partial charge < -0.3 is 10.1 Å². The van der Waals surface area contributed by atoms with Crippen molar-refractivity contribution in [3.63, 3.8) is 0 Å². The fourth-order valence-corrected chi connectivity index (χ4v) is 3.09. The minimum absolute atomic E-state index is 0.0457. The summed E-state index contributed by atoms with van der Waals surface area (Å²) in [7, 11) is 0. The average Bonchev–Trinajstić information content (AvgIpc) is 2.43. The molecule has 1 N–H and O–H groups in total. The predicted octanol–water partition coefficient (Wildman–Crippen LogP) is 3.81. The maximum absolute atomic E-state index is 11.9. The number of alkyl halides is 2. The molecule has 0 aliphatic rings. The summed E-state index contributed by atoms with van der Waals surface area (Å²) < 4.78 is 5.30. The Morgan fingerprint density at radius 3 is 2.32 bits per heavy atom. The van der Waals surface area contributed by atoms with Crippen LogP contribution in [0.5, 0.6) is 0 Å². The van der Waals surface area contributed by atoms with Gasteiger partial charge in [-0.25, -0.2) is 4.79 Å². The van der Waals surface area contributed by atoms with Gasteiger partial charge in [-0.05, 0) is 44.9 Å². The van der Waals surface area contributed by atoms with Gasteiger partial charge in [0.25, 0.3) is 0 Å².